The van der Waals surface area contributed by atoms with Gasteiger partial charge in [-0.05, 0) is 12.2 Å². The molecule has 1 atom stereocenters. The molecule has 1 aromatic carbocycles. The molecule has 1 unspecified atom stereocenters. The van der Waals surface area contributed by atoms with Gasteiger partial charge in [0.15, 0.2) is 11.6 Å². The van der Waals surface area contributed by atoms with Crippen molar-refractivity contribution in [3.05, 3.63) is 60.1 Å². The first kappa shape index (κ1) is 15.4. The zero-order chi connectivity index (χ0) is 16.4. The molecule has 0 aromatic heterocycles. The minimum Gasteiger partial charge on any atom is -0.494 e. The summed E-state index contributed by atoms with van der Waals surface area (Å²) in [4.78, 5) is 4.27. The van der Waals surface area contributed by atoms with Crippen LogP contribution in [0.15, 0.2) is 48.5 Å². The number of anilines is 1. The Morgan fingerprint density at radius 2 is 2.04 bits per heavy atom. The number of fused-ring (bicyclic) bond motifs is 1. The van der Waals surface area contributed by atoms with Gasteiger partial charge in [0.05, 0.1) is 12.8 Å². The molecule has 3 rings (SSSR count). The van der Waals surface area contributed by atoms with Crippen molar-refractivity contribution in [3.8, 4) is 5.75 Å². The van der Waals surface area contributed by atoms with Crippen LogP contribution in [-0.2, 0) is 0 Å². The van der Waals surface area contributed by atoms with Gasteiger partial charge in [-0.3, -0.25) is 0 Å². The molecular weight excluding hydrogens is 300 g/mol. The average molecular weight is 319 g/mol. The molecule has 0 spiro atoms. The molecule has 23 heavy (non-hydrogen) atoms. The number of hydrogen-bond donors (Lipinski definition) is 1. The van der Waals surface area contributed by atoms with Crippen LogP contribution in [0.3, 0.4) is 0 Å². The molecule has 0 fully saturated rings. The zero-order valence-electron chi connectivity index (χ0n) is 13.1. The van der Waals surface area contributed by atoms with Gasteiger partial charge in [0.25, 0.3) is 0 Å². The van der Waals surface area contributed by atoms with Crippen molar-refractivity contribution in [2.24, 2.45) is 0 Å². The van der Waals surface area contributed by atoms with Crippen molar-refractivity contribution in [3.63, 3.8) is 0 Å². The topological polar surface area (TPSA) is 27.7 Å². The highest BCUT2D eigenvalue weighted by molar-refractivity contribution is 5.49. The molecule has 0 saturated heterocycles. The van der Waals surface area contributed by atoms with E-state index in [9.17, 15) is 8.78 Å². The Morgan fingerprint density at radius 1 is 1.22 bits per heavy atom. The Hall–Kier alpha value is -2.50. The second-order valence-corrected chi connectivity index (χ2v) is 5.47. The third kappa shape index (κ3) is 3.02. The SMILES string of the molecule is COc1cc(F)c(NCCC2=CC=CC3N(C)C=CN23)cc1F. The van der Waals surface area contributed by atoms with Gasteiger partial charge in [0, 0.05) is 50.2 Å². The van der Waals surface area contributed by atoms with E-state index in [2.05, 4.69) is 21.2 Å². The highest BCUT2D eigenvalue weighted by Gasteiger charge is 2.25. The van der Waals surface area contributed by atoms with Crippen molar-refractivity contribution in [2.45, 2.75) is 12.6 Å². The van der Waals surface area contributed by atoms with Crippen molar-refractivity contribution in [1.82, 2.24) is 9.80 Å². The van der Waals surface area contributed by atoms with E-state index >= 15 is 0 Å². The number of nitrogens with zero attached hydrogens (tertiary/aromatic N) is 2. The summed E-state index contributed by atoms with van der Waals surface area (Å²) < 4.78 is 32.3. The summed E-state index contributed by atoms with van der Waals surface area (Å²) in [5.74, 6) is -1.21. The van der Waals surface area contributed by atoms with Crippen molar-refractivity contribution in [2.75, 3.05) is 26.0 Å². The molecule has 2 aliphatic rings. The summed E-state index contributed by atoms with van der Waals surface area (Å²) in [6.45, 7) is 0.503. The second-order valence-electron chi connectivity index (χ2n) is 5.47. The van der Waals surface area contributed by atoms with Crippen molar-refractivity contribution < 1.29 is 13.5 Å². The predicted molar refractivity (Wildman–Crippen MR) is 85.8 cm³/mol. The molecule has 0 amide bonds. The fraction of sp³-hybridized carbons (Fsp3) is 0.294. The fourth-order valence-electron chi connectivity index (χ4n) is 2.75. The van der Waals surface area contributed by atoms with E-state index in [0.29, 0.717) is 13.0 Å². The van der Waals surface area contributed by atoms with Crippen LogP contribution in [0.4, 0.5) is 14.5 Å². The summed E-state index contributed by atoms with van der Waals surface area (Å²) in [6.07, 6.45) is 11.1. The first-order valence-corrected chi connectivity index (χ1v) is 7.43. The lowest BCUT2D eigenvalue weighted by atomic mass is 10.1. The summed E-state index contributed by atoms with van der Waals surface area (Å²) in [5, 5.41) is 2.94. The van der Waals surface area contributed by atoms with Gasteiger partial charge in [-0.25, -0.2) is 8.78 Å². The number of rotatable bonds is 5. The van der Waals surface area contributed by atoms with E-state index in [1.54, 1.807) is 0 Å². The maximum absolute atomic E-state index is 13.9. The lowest BCUT2D eigenvalue weighted by Gasteiger charge is -2.32. The first-order chi connectivity index (χ1) is 11.1. The standard InChI is InChI=1S/C17H19F2N3O/c1-21-8-9-22-12(4-3-5-17(21)22)6-7-20-15-10-14(19)16(23-2)11-13(15)18/h3-5,8-11,17,20H,6-7H2,1-2H3. The molecular formula is C17H19F2N3O. The van der Waals surface area contributed by atoms with Crippen LogP contribution in [0, 0.1) is 11.6 Å². The van der Waals surface area contributed by atoms with E-state index in [4.69, 9.17) is 4.74 Å². The van der Waals surface area contributed by atoms with Crippen molar-refractivity contribution in [1.29, 1.82) is 0 Å². The predicted octanol–water partition coefficient (Wildman–Crippen LogP) is 3.27. The fourth-order valence-corrected chi connectivity index (χ4v) is 2.75. The molecule has 1 N–H and O–H groups in total. The van der Waals surface area contributed by atoms with E-state index < -0.39 is 11.6 Å². The highest BCUT2D eigenvalue weighted by Crippen LogP contribution is 2.27. The summed E-state index contributed by atoms with van der Waals surface area (Å²) in [5.41, 5.74) is 1.26. The molecule has 122 valence electrons. The van der Waals surface area contributed by atoms with Crippen LogP contribution in [0.2, 0.25) is 0 Å². The van der Waals surface area contributed by atoms with E-state index in [-0.39, 0.29) is 17.6 Å². The molecule has 0 radical (unpaired) electrons. The largest absolute Gasteiger partial charge is 0.494 e. The normalized spacial score (nSPS) is 19.0. The van der Waals surface area contributed by atoms with Crippen LogP contribution in [-0.4, -0.2) is 36.7 Å². The Kier molecular flexibility index (Phi) is 4.23. The van der Waals surface area contributed by atoms with Gasteiger partial charge in [-0.15, -0.1) is 0 Å². The van der Waals surface area contributed by atoms with Crippen LogP contribution < -0.4 is 10.1 Å². The van der Waals surface area contributed by atoms with Gasteiger partial charge in [-0.1, -0.05) is 6.08 Å². The Bertz CT molecular complexity index is 685. The molecule has 6 heteroatoms. The van der Waals surface area contributed by atoms with Gasteiger partial charge in [-0.2, -0.15) is 0 Å². The van der Waals surface area contributed by atoms with Gasteiger partial charge < -0.3 is 19.9 Å². The van der Waals surface area contributed by atoms with Gasteiger partial charge in [0.1, 0.15) is 12.0 Å². The third-order valence-electron chi connectivity index (χ3n) is 4.01. The van der Waals surface area contributed by atoms with Crippen LogP contribution >= 0.6 is 0 Å². The van der Waals surface area contributed by atoms with Crippen molar-refractivity contribution >= 4 is 5.69 Å². The summed E-state index contributed by atoms with van der Waals surface area (Å²) >= 11 is 0. The van der Waals surface area contributed by atoms with E-state index in [0.717, 1.165) is 17.8 Å². The molecule has 0 aliphatic carbocycles. The monoisotopic (exact) mass is 319 g/mol. The zero-order valence-corrected chi connectivity index (χ0v) is 13.1. The van der Waals surface area contributed by atoms with E-state index in [1.807, 2.05) is 31.6 Å². The molecule has 0 saturated carbocycles. The number of methoxy groups -OCH3 is 1. The molecule has 2 heterocycles. The number of halogens is 2. The lowest BCUT2D eigenvalue weighted by Crippen LogP contribution is -2.36. The summed E-state index contributed by atoms with van der Waals surface area (Å²) in [7, 11) is 3.33. The molecule has 4 nitrogen and oxygen atoms in total. The van der Waals surface area contributed by atoms with Gasteiger partial charge >= 0.3 is 0 Å². The Morgan fingerprint density at radius 3 is 2.83 bits per heavy atom. The van der Waals surface area contributed by atoms with E-state index in [1.165, 1.54) is 7.11 Å². The second kappa shape index (κ2) is 6.32. The molecule has 2 aliphatic heterocycles. The number of hydrogen-bond acceptors (Lipinski definition) is 4. The molecule has 0 bridgehead atoms. The quantitative estimate of drug-likeness (QED) is 0.901. The number of likely N-dealkylation sites (N-methyl/N-ethyl adjacent to an activating group) is 1. The lowest BCUT2D eigenvalue weighted by molar-refractivity contribution is 0.255. The maximum atomic E-state index is 13.9. The maximum Gasteiger partial charge on any atom is 0.167 e. The van der Waals surface area contributed by atoms with Crippen LogP contribution in [0.5, 0.6) is 5.75 Å². The third-order valence-corrected chi connectivity index (χ3v) is 4.01. The number of nitrogens with one attached hydrogen (secondary N) is 1. The number of allylic oxidation sites excluding steroid dienone is 2. The number of benzene rings is 1. The Labute approximate surface area is 134 Å². The average Bonchev–Trinajstić information content (AvgIpc) is 2.93. The van der Waals surface area contributed by atoms with Crippen LogP contribution in [0.1, 0.15) is 6.42 Å². The molecule has 1 aromatic rings. The number of ether oxygens (including phenoxy) is 1. The van der Waals surface area contributed by atoms with Gasteiger partial charge in [0.2, 0.25) is 0 Å². The Balaban J connectivity index is 1.62. The first-order valence-electron chi connectivity index (χ1n) is 7.43. The smallest absolute Gasteiger partial charge is 0.167 e. The minimum atomic E-state index is -0.583. The highest BCUT2D eigenvalue weighted by atomic mass is 19.1. The minimum absolute atomic E-state index is 0.0961. The summed E-state index contributed by atoms with van der Waals surface area (Å²) in [6, 6.07) is 2.17. The van der Waals surface area contributed by atoms with Crippen LogP contribution in [0.25, 0.3) is 0 Å².